The molecule has 2 aliphatic carbocycles. The number of amides is 2. The number of rotatable bonds is 9. The third kappa shape index (κ3) is 6.80. The highest BCUT2D eigenvalue weighted by Crippen LogP contribution is 2.41. The van der Waals surface area contributed by atoms with Gasteiger partial charge in [-0.15, -0.1) is 0 Å². The molecule has 1 aromatic carbocycles. The third-order valence-corrected chi connectivity index (χ3v) is 13.0. The molecule has 0 radical (unpaired) electrons. The van der Waals surface area contributed by atoms with E-state index in [9.17, 15) is 19.5 Å². The summed E-state index contributed by atoms with van der Waals surface area (Å²) in [5.41, 5.74) is 6.39. The predicted molar refractivity (Wildman–Crippen MR) is 224 cm³/mol. The molecule has 14 heteroatoms. The minimum atomic E-state index is -0.391. The molecule has 10 rings (SSSR count). The molecule has 3 aromatic heterocycles. The van der Waals surface area contributed by atoms with Crippen LogP contribution in [0.2, 0.25) is 0 Å². The number of anilines is 5. The summed E-state index contributed by atoms with van der Waals surface area (Å²) in [5.74, 6) is 0.536. The fourth-order valence-corrected chi connectivity index (χ4v) is 10.2. The second-order valence-electron chi connectivity index (χ2n) is 17.5. The van der Waals surface area contributed by atoms with Crippen molar-refractivity contribution in [3.05, 3.63) is 88.2 Å². The lowest BCUT2D eigenvalue weighted by atomic mass is 9.79. The zero-order valence-corrected chi connectivity index (χ0v) is 33.8. The molecule has 3 saturated heterocycles. The molecule has 4 aliphatic heterocycles. The average Bonchev–Trinajstić information content (AvgIpc) is 3.72. The average molecular weight is 788 g/mol. The Morgan fingerprint density at radius 3 is 2.67 bits per heavy atom. The molecule has 2 bridgehead atoms. The van der Waals surface area contributed by atoms with Crippen molar-refractivity contribution < 1.29 is 19.4 Å². The van der Waals surface area contributed by atoms with Gasteiger partial charge in [-0.1, -0.05) is 20.4 Å². The normalized spacial score (nSPS) is 23.8. The van der Waals surface area contributed by atoms with Crippen LogP contribution in [0.3, 0.4) is 0 Å². The van der Waals surface area contributed by atoms with E-state index in [2.05, 4.69) is 57.3 Å². The molecule has 14 nitrogen and oxygen atoms in total. The van der Waals surface area contributed by atoms with Crippen LogP contribution in [0.25, 0.3) is 11.3 Å². The molecule has 58 heavy (non-hydrogen) atoms. The van der Waals surface area contributed by atoms with Crippen LogP contribution >= 0.6 is 0 Å². The maximum atomic E-state index is 14.0. The van der Waals surface area contributed by atoms with Crippen LogP contribution in [-0.4, -0.2) is 91.9 Å². The quantitative estimate of drug-likeness (QED) is 0.201. The number of nitrogens with one attached hydrogen (secondary N) is 2. The first-order valence-corrected chi connectivity index (χ1v) is 20.6. The SMILES string of the molecule is C=CC(=O)Nc1cc(Nc2nc(-c3ccnc(N4CCn5c(cc6c5CC(C)(C)C6)C4=O)c3CO)cn(C)c2=O)ccc1N1CCN(C2CC3CCC2CO3)C[C@@H]1C. The molecule has 3 unspecified atom stereocenters. The van der Waals surface area contributed by atoms with E-state index in [4.69, 9.17) is 9.72 Å². The number of benzene rings is 1. The van der Waals surface area contributed by atoms with Crippen molar-refractivity contribution in [2.75, 3.05) is 53.2 Å². The van der Waals surface area contributed by atoms with Gasteiger partial charge in [-0.05, 0) is 92.3 Å². The number of ether oxygens (including phenoxy) is 1. The fraction of sp³-hybridized carbons (Fsp3) is 0.477. The summed E-state index contributed by atoms with van der Waals surface area (Å²) < 4.78 is 9.58. The fourth-order valence-electron chi connectivity index (χ4n) is 10.2. The lowest BCUT2D eigenvalue weighted by molar-refractivity contribution is -0.111. The summed E-state index contributed by atoms with van der Waals surface area (Å²) in [6, 6.07) is 10.2. The van der Waals surface area contributed by atoms with Crippen molar-refractivity contribution in [3.8, 4) is 11.3 Å². The van der Waals surface area contributed by atoms with Crippen molar-refractivity contribution >= 4 is 40.5 Å². The number of pyridine rings is 1. The van der Waals surface area contributed by atoms with E-state index in [0.29, 0.717) is 70.9 Å². The second-order valence-corrected chi connectivity index (χ2v) is 17.5. The van der Waals surface area contributed by atoms with Gasteiger partial charge in [0.2, 0.25) is 5.91 Å². The summed E-state index contributed by atoms with van der Waals surface area (Å²) in [6.07, 6.45) is 10.2. The smallest absolute Gasteiger partial charge is 0.293 e. The molecule has 4 aromatic rings. The van der Waals surface area contributed by atoms with Gasteiger partial charge in [0.05, 0.1) is 36.4 Å². The number of nitrogens with zero attached hydrogens (tertiary/aromatic N) is 7. The molecule has 1 saturated carbocycles. The number of carbonyl (C=O) groups excluding carboxylic acids is 2. The van der Waals surface area contributed by atoms with E-state index in [-0.39, 0.29) is 34.6 Å². The van der Waals surface area contributed by atoms with Crippen LogP contribution in [-0.2, 0) is 42.6 Å². The highest BCUT2D eigenvalue weighted by molar-refractivity contribution is 6.06. The van der Waals surface area contributed by atoms with E-state index in [1.165, 1.54) is 34.7 Å². The first-order valence-electron chi connectivity index (χ1n) is 20.6. The van der Waals surface area contributed by atoms with Gasteiger partial charge in [0.1, 0.15) is 11.5 Å². The van der Waals surface area contributed by atoms with Crippen molar-refractivity contribution in [2.45, 2.75) is 84.2 Å². The number of hydrogen-bond acceptors (Lipinski definition) is 10. The number of aryl methyl sites for hydroxylation is 1. The van der Waals surface area contributed by atoms with Crippen LogP contribution in [0.4, 0.5) is 28.7 Å². The molecule has 0 spiro atoms. The number of fused-ring (bicyclic) bond motifs is 6. The summed E-state index contributed by atoms with van der Waals surface area (Å²) >= 11 is 0. The summed E-state index contributed by atoms with van der Waals surface area (Å²) in [4.78, 5) is 56.3. The van der Waals surface area contributed by atoms with Crippen molar-refractivity contribution in [2.24, 2.45) is 18.4 Å². The molecule has 4 fully saturated rings. The number of aliphatic hydroxyl groups excluding tert-OH is 1. The van der Waals surface area contributed by atoms with Crippen LogP contribution in [0.15, 0.2) is 60.2 Å². The largest absolute Gasteiger partial charge is 0.392 e. The maximum Gasteiger partial charge on any atom is 0.293 e. The standard InChI is InChI=1S/C44H53N9O5/c1-6-39(55)47-33-18-29(8-10-35(33)51-14-13-50(22-26(51)2)36-19-30-9-7-27(36)25-58-30)46-40-43(57)49(5)23-34(48-40)31-11-12-45-41(32(31)24-54)53-16-15-52-37(42(53)56)17-28-20-44(3,4)21-38(28)52/h6,8,10-12,17-18,23,26-27,30,36,54H,1,7,9,13-16,19-22,24-25H2,2-5H3,(H,46,48)(H,47,55)/t26-,27?,30?,36?/m0/s1. The van der Waals surface area contributed by atoms with Crippen LogP contribution in [0.1, 0.15) is 67.3 Å². The van der Waals surface area contributed by atoms with E-state index in [0.717, 1.165) is 51.2 Å². The highest BCUT2D eigenvalue weighted by atomic mass is 16.5. The van der Waals surface area contributed by atoms with Gasteiger partial charge in [0, 0.05) is 86.8 Å². The minimum absolute atomic E-state index is 0.0630. The first-order chi connectivity index (χ1) is 27.9. The van der Waals surface area contributed by atoms with Gasteiger partial charge in [0.15, 0.2) is 5.82 Å². The number of aromatic nitrogens is 4. The third-order valence-electron chi connectivity index (χ3n) is 13.0. The Hall–Kier alpha value is -5.31. The van der Waals surface area contributed by atoms with E-state index in [1.807, 2.05) is 24.3 Å². The van der Waals surface area contributed by atoms with Gasteiger partial charge in [0.25, 0.3) is 11.5 Å². The Bertz CT molecular complexity index is 2360. The predicted octanol–water partition coefficient (Wildman–Crippen LogP) is 4.87. The molecule has 3 N–H and O–H groups in total. The lowest BCUT2D eigenvalue weighted by Crippen LogP contribution is -2.60. The molecule has 4 atom stereocenters. The Labute approximate surface area is 338 Å². The number of hydrogen-bond donors (Lipinski definition) is 3. The number of piperazine rings is 1. The molecular weight excluding hydrogens is 735 g/mol. The number of carbonyl (C=O) groups is 2. The van der Waals surface area contributed by atoms with E-state index < -0.39 is 6.61 Å². The summed E-state index contributed by atoms with van der Waals surface area (Å²) in [5, 5.41) is 17.0. The Kier molecular flexibility index (Phi) is 9.76. The zero-order valence-electron chi connectivity index (χ0n) is 33.8. The molecular formula is C44H53N9O5. The monoisotopic (exact) mass is 787 g/mol. The Morgan fingerprint density at radius 2 is 1.95 bits per heavy atom. The van der Waals surface area contributed by atoms with Crippen LogP contribution in [0, 0.1) is 11.3 Å². The second kappa shape index (κ2) is 14.8. The van der Waals surface area contributed by atoms with Crippen molar-refractivity contribution in [1.29, 1.82) is 0 Å². The van der Waals surface area contributed by atoms with Gasteiger partial charge >= 0.3 is 0 Å². The van der Waals surface area contributed by atoms with Crippen molar-refractivity contribution in [1.82, 2.24) is 24.0 Å². The van der Waals surface area contributed by atoms with E-state index >= 15 is 0 Å². The first kappa shape index (κ1) is 38.2. The van der Waals surface area contributed by atoms with Crippen LogP contribution < -0.4 is 26.0 Å². The van der Waals surface area contributed by atoms with Gasteiger partial charge < -0.3 is 34.5 Å². The van der Waals surface area contributed by atoms with Crippen LogP contribution in [0.5, 0.6) is 0 Å². The van der Waals surface area contributed by atoms with E-state index in [1.54, 1.807) is 30.4 Å². The topological polar surface area (TPSA) is 150 Å². The van der Waals surface area contributed by atoms with Gasteiger partial charge in [-0.25, -0.2) is 9.97 Å². The highest BCUT2D eigenvalue weighted by Gasteiger charge is 2.42. The summed E-state index contributed by atoms with van der Waals surface area (Å²) in [7, 11) is 1.65. The van der Waals surface area contributed by atoms with Gasteiger partial charge in [-0.2, -0.15) is 0 Å². The zero-order chi connectivity index (χ0) is 40.5. The maximum absolute atomic E-state index is 14.0. The summed E-state index contributed by atoms with van der Waals surface area (Å²) in [6.45, 7) is 14.6. The Balaban J connectivity index is 0.981. The molecule has 6 aliphatic rings. The molecule has 304 valence electrons. The Morgan fingerprint density at radius 1 is 1.10 bits per heavy atom. The minimum Gasteiger partial charge on any atom is -0.392 e. The number of aliphatic hydroxyl groups is 1. The van der Waals surface area contributed by atoms with Crippen molar-refractivity contribution in [3.63, 3.8) is 0 Å². The lowest BCUT2D eigenvalue weighted by Gasteiger charge is -2.51. The van der Waals surface area contributed by atoms with Gasteiger partial charge in [-0.3, -0.25) is 24.2 Å². The molecule has 7 heterocycles. The molecule has 2 amide bonds.